The SMILES string of the molecule is CC(C)C(NC(=O)NCc1ccccc1)C(=O)Nc1cccc(OC(F)(F)F)c1. The number of amides is 3. The highest BCUT2D eigenvalue weighted by Crippen LogP contribution is 2.25. The van der Waals surface area contributed by atoms with Gasteiger partial charge in [-0.05, 0) is 23.6 Å². The van der Waals surface area contributed by atoms with Crippen molar-refractivity contribution >= 4 is 17.6 Å². The Labute approximate surface area is 166 Å². The number of benzene rings is 2. The summed E-state index contributed by atoms with van der Waals surface area (Å²) in [5.41, 5.74) is 1.02. The normalized spacial score (nSPS) is 12.2. The summed E-state index contributed by atoms with van der Waals surface area (Å²) in [4.78, 5) is 24.7. The highest BCUT2D eigenvalue weighted by atomic mass is 19.4. The van der Waals surface area contributed by atoms with Gasteiger partial charge in [-0.15, -0.1) is 13.2 Å². The van der Waals surface area contributed by atoms with E-state index in [1.165, 1.54) is 12.1 Å². The summed E-state index contributed by atoms with van der Waals surface area (Å²) in [7, 11) is 0. The number of anilines is 1. The van der Waals surface area contributed by atoms with Crippen LogP contribution in [0.2, 0.25) is 0 Å². The summed E-state index contributed by atoms with van der Waals surface area (Å²) < 4.78 is 40.9. The van der Waals surface area contributed by atoms with Crippen LogP contribution in [0.15, 0.2) is 54.6 Å². The van der Waals surface area contributed by atoms with Crippen molar-refractivity contribution in [2.75, 3.05) is 5.32 Å². The Kier molecular flexibility index (Phi) is 7.46. The van der Waals surface area contributed by atoms with Crippen LogP contribution in [0.1, 0.15) is 19.4 Å². The number of nitrogens with one attached hydrogen (secondary N) is 3. The molecule has 0 aliphatic rings. The third kappa shape index (κ3) is 7.73. The molecule has 1 atom stereocenters. The number of rotatable bonds is 7. The zero-order valence-corrected chi connectivity index (χ0v) is 15.9. The summed E-state index contributed by atoms with van der Waals surface area (Å²) in [6, 6.07) is 12.7. The van der Waals surface area contributed by atoms with Crippen LogP contribution in [0.4, 0.5) is 23.7 Å². The third-order valence-electron chi connectivity index (χ3n) is 3.87. The van der Waals surface area contributed by atoms with Gasteiger partial charge in [0, 0.05) is 18.3 Å². The van der Waals surface area contributed by atoms with Crippen molar-refractivity contribution in [2.45, 2.75) is 32.8 Å². The fraction of sp³-hybridized carbons (Fsp3) is 0.300. The summed E-state index contributed by atoms with van der Waals surface area (Å²) >= 11 is 0. The predicted octanol–water partition coefficient (Wildman–Crippen LogP) is 4.05. The molecule has 1 unspecified atom stereocenters. The van der Waals surface area contributed by atoms with Crippen LogP contribution in [-0.4, -0.2) is 24.3 Å². The number of halogens is 3. The summed E-state index contributed by atoms with van der Waals surface area (Å²) in [5, 5.41) is 7.75. The number of urea groups is 1. The van der Waals surface area contributed by atoms with Crippen LogP contribution in [0.3, 0.4) is 0 Å². The molecule has 9 heteroatoms. The molecule has 0 fully saturated rings. The van der Waals surface area contributed by atoms with E-state index in [4.69, 9.17) is 0 Å². The molecule has 0 saturated heterocycles. The van der Waals surface area contributed by atoms with E-state index in [1.807, 2.05) is 30.3 Å². The van der Waals surface area contributed by atoms with Crippen LogP contribution in [0, 0.1) is 5.92 Å². The van der Waals surface area contributed by atoms with Gasteiger partial charge in [0.05, 0.1) is 0 Å². The standard InChI is InChI=1S/C20H22F3N3O3/c1-13(2)17(26-19(28)24-12-14-7-4-3-5-8-14)18(27)25-15-9-6-10-16(11-15)29-20(21,22)23/h3-11,13,17H,12H2,1-2H3,(H,25,27)(H2,24,26,28). The van der Waals surface area contributed by atoms with Gasteiger partial charge < -0.3 is 20.7 Å². The topological polar surface area (TPSA) is 79.5 Å². The molecule has 0 aliphatic carbocycles. The molecule has 0 aromatic heterocycles. The first-order valence-corrected chi connectivity index (χ1v) is 8.89. The van der Waals surface area contributed by atoms with E-state index in [9.17, 15) is 22.8 Å². The largest absolute Gasteiger partial charge is 0.573 e. The lowest BCUT2D eigenvalue weighted by Gasteiger charge is -2.22. The molecule has 3 N–H and O–H groups in total. The van der Waals surface area contributed by atoms with E-state index >= 15 is 0 Å². The summed E-state index contributed by atoms with van der Waals surface area (Å²) in [5.74, 6) is -1.27. The summed E-state index contributed by atoms with van der Waals surface area (Å²) in [6.45, 7) is 3.77. The highest BCUT2D eigenvalue weighted by molar-refractivity contribution is 5.97. The van der Waals surface area contributed by atoms with Gasteiger partial charge in [0.1, 0.15) is 11.8 Å². The lowest BCUT2D eigenvalue weighted by atomic mass is 10.0. The first-order chi connectivity index (χ1) is 13.6. The monoisotopic (exact) mass is 409 g/mol. The van der Waals surface area contributed by atoms with Crippen molar-refractivity contribution in [3.8, 4) is 5.75 Å². The van der Waals surface area contributed by atoms with Crippen molar-refractivity contribution < 1.29 is 27.5 Å². The minimum absolute atomic E-state index is 0.119. The maximum absolute atomic E-state index is 12.5. The maximum atomic E-state index is 12.5. The van der Waals surface area contributed by atoms with Crippen molar-refractivity contribution in [1.29, 1.82) is 0 Å². The smallest absolute Gasteiger partial charge is 0.406 e. The van der Waals surface area contributed by atoms with E-state index in [1.54, 1.807) is 13.8 Å². The molecular formula is C20H22F3N3O3. The van der Waals surface area contributed by atoms with Crippen LogP contribution in [0.25, 0.3) is 0 Å². The Morgan fingerprint density at radius 3 is 2.34 bits per heavy atom. The number of carbonyl (C=O) groups is 2. The lowest BCUT2D eigenvalue weighted by molar-refractivity contribution is -0.274. The molecule has 6 nitrogen and oxygen atoms in total. The van der Waals surface area contributed by atoms with Crippen molar-refractivity contribution in [1.82, 2.24) is 10.6 Å². The molecule has 29 heavy (non-hydrogen) atoms. The molecular weight excluding hydrogens is 387 g/mol. The molecule has 3 amide bonds. The van der Waals surface area contributed by atoms with Gasteiger partial charge in [-0.25, -0.2) is 4.79 Å². The Morgan fingerprint density at radius 1 is 1.03 bits per heavy atom. The summed E-state index contributed by atoms with van der Waals surface area (Å²) in [6.07, 6.45) is -4.83. The zero-order valence-electron chi connectivity index (χ0n) is 15.9. The molecule has 2 aromatic carbocycles. The highest BCUT2D eigenvalue weighted by Gasteiger charge is 2.31. The molecule has 0 spiro atoms. The van der Waals surface area contributed by atoms with Gasteiger partial charge in [-0.3, -0.25) is 4.79 Å². The number of carbonyl (C=O) groups excluding carboxylic acids is 2. The van der Waals surface area contributed by atoms with Crippen LogP contribution >= 0.6 is 0 Å². The first-order valence-electron chi connectivity index (χ1n) is 8.89. The molecule has 0 bridgehead atoms. The minimum Gasteiger partial charge on any atom is -0.406 e. The molecule has 0 aliphatic heterocycles. The van der Waals surface area contributed by atoms with Crippen molar-refractivity contribution in [3.05, 3.63) is 60.2 Å². The lowest BCUT2D eigenvalue weighted by Crippen LogP contribution is -2.50. The number of hydrogen-bond donors (Lipinski definition) is 3. The van der Waals surface area contributed by atoms with Gasteiger partial charge in [-0.2, -0.15) is 0 Å². The molecule has 2 aromatic rings. The number of alkyl halides is 3. The van der Waals surface area contributed by atoms with Crippen molar-refractivity contribution in [2.24, 2.45) is 5.92 Å². The zero-order chi connectivity index (χ0) is 21.4. The van der Waals surface area contributed by atoms with Crippen LogP contribution < -0.4 is 20.7 Å². The Morgan fingerprint density at radius 2 is 1.72 bits per heavy atom. The second kappa shape index (κ2) is 9.81. The Balaban J connectivity index is 1.96. The van der Waals surface area contributed by atoms with E-state index in [0.29, 0.717) is 0 Å². The molecule has 0 saturated carbocycles. The van der Waals surface area contributed by atoms with Crippen LogP contribution in [0.5, 0.6) is 5.75 Å². The van der Waals surface area contributed by atoms with Crippen LogP contribution in [-0.2, 0) is 11.3 Å². The van der Waals surface area contributed by atoms with Gasteiger partial charge in [0.2, 0.25) is 5.91 Å². The molecule has 2 rings (SSSR count). The van der Waals surface area contributed by atoms with E-state index in [0.717, 1.165) is 17.7 Å². The average Bonchev–Trinajstić information content (AvgIpc) is 2.64. The van der Waals surface area contributed by atoms with E-state index in [2.05, 4.69) is 20.7 Å². The quantitative estimate of drug-likeness (QED) is 0.646. The first kappa shape index (κ1) is 22.1. The van der Waals surface area contributed by atoms with Gasteiger partial charge in [0.25, 0.3) is 0 Å². The Bertz CT molecular complexity index is 826. The number of hydrogen-bond acceptors (Lipinski definition) is 3. The molecule has 0 radical (unpaired) electrons. The van der Waals surface area contributed by atoms with Gasteiger partial charge in [-0.1, -0.05) is 50.2 Å². The van der Waals surface area contributed by atoms with E-state index in [-0.39, 0.29) is 18.2 Å². The minimum atomic E-state index is -4.83. The third-order valence-corrected chi connectivity index (χ3v) is 3.87. The average molecular weight is 409 g/mol. The fourth-order valence-corrected chi connectivity index (χ4v) is 2.50. The van der Waals surface area contributed by atoms with Gasteiger partial charge >= 0.3 is 12.4 Å². The Hall–Kier alpha value is -3.23. The van der Waals surface area contributed by atoms with E-state index < -0.39 is 30.1 Å². The van der Waals surface area contributed by atoms with Crippen molar-refractivity contribution in [3.63, 3.8) is 0 Å². The second-order valence-corrected chi connectivity index (χ2v) is 6.60. The predicted molar refractivity (Wildman–Crippen MR) is 102 cm³/mol. The maximum Gasteiger partial charge on any atom is 0.573 e. The molecule has 0 heterocycles. The fourth-order valence-electron chi connectivity index (χ4n) is 2.50. The molecule has 156 valence electrons. The second-order valence-electron chi connectivity index (χ2n) is 6.60. The number of ether oxygens (including phenoxy) is 1. The van der Waals surface area contributed by atoms with Gasteiger partial charge in [0.15, 0.2) is 0 Å².